The fourth-order valence-corrected chi connectivity index (χ4v) is 5.57. The van der Waals surface area contributed by atoms with Crippen LogP contribution in [0, 0.1) is 0 Å². The van der Waals surface area contributed by atoms with Crippen LogP contribution in [0.25, 0.3) is 0 Å². The van der Waals surface area contributed by atoms with Crippen molar-refractivity contribution in [2.45, 2.75) is 17.4 Å². The van der Waals surface area contributed by atoms with Gasteiger partial charge in [-0.15, -0.1) is 0 Å². The molecule has 0 unspecified atom stereocenters. The van der Waals surface area contributed by atoms with Gasteiger partial charge in [0.25, 0.3) is 21.8 Å². The monoisotopic (exact) mass is 601 g/mol. The average molecular weight is 602 g/mol. The van der Waals surface area contributed by atoms with Crippen molar-refractivity contribution in [2.24, 2.45) is 0 Å². The van der Waals surface area contributed by atoms with Gasteiger partial charge in [-0.05, 0) is 72.6 Å². The van der Waals surface area contributed by atoms with E-state index in [1.807, 2.05) is 30.3 Å². The molecule has 0 aliphatic carbocycles. The highest BCUT2D eigenvalue weighted by atomic mass is 32.2. The molecule has 2 N–H and O–H groups in total. The second kappa shape index (κ2) is 13.3. The highest BCUT2D eigenvalue weighted by Crippen LogP contribution is 2.33. The molecule has 4 aromatic carbocycles. The first-order chi connectivity index (χ1) is 20.8. The lowest BCUT2D eigenvalue weighted by molar-refractivity contribution is -0.128. The SMILES string of the molecule is COc1ccc(NS(=O)(=O)c2ccc(OCC(=O)N3C[C@H](C(=O)NCCc4ccccc4)Oc4ccccc43)cc2)cc1. The summed E-state index contributed by atoms with van der Waals surface area (Å²) in [4.78, 5) is 27.7. The summed E-state index contributed by atoms with van der Waals surface area (Å²) in [6, 6.07) is 29.1. The standard InChI is InChI=1S/C32H31N3O7S/c1-40-25-13-11-24(12-14-25)34-43(38,39)27-17-15-26(16-18-27)41-22-31(36)35-21-30(42-29-10-6-5-9-28(29)35)32(37)33-20-19-23-7-3-2-4-8-23/h2-18,30,34H,19-22H2,1H3,(H,33,37)/t30-/m1/s1. The molecule has 4 aromatic rings. The fraction of sp³-hybridized carbons (Fsp3) is 0.188. The first-order valence-electron chi connectivity index (χ1n) is 13.6. The molecule has 0 fully saturated rings. The lowest BCUT2D eigenvalue weighted by Crippen LogP contribution is -2.52. The van der Waals surface area contributed by atoms with Gasteiger partial charge in [-0.3, -0.25) is 14.3 Å². The van der Waals surface area contributed by atoms with Crippen LogP contribution >= 0.6 is 0 Å². The summed E-state index contributed by atoms with van der Waals surface area (Å²) >= 11 is 0. The molecule has 0 saturated heterocycles. The van der Waals surface area contributed by atoms with Crippen LogP contribution in [-0.2, 0) is 26.0 Å². The number of carbonyl (C=O) groups is 2. The number of para-hydroxylation sites is 2. The van der Waals surface area contributed by atoms with Crippen LogP contribution in [0.2, 0.25) is 0 Å². The normalized spacial score (nSPS) is 14.2. The van der Waals surface area contributed by atoms with Gasteiger partial charge in [0.15, 0.2) is 12.7 Å². The predicted octanol–water partition coefficient (Wildman–Crippen LogP) is 4.03. The molecule has 43 heavy (non-hydrogen) atoms. The van der Waals surface area contributed by atoms with Gasteiger partial charge in [0.2, 0.25) is 0 Å². The van der Waals surface area contributed by atoms with Crippen molar-refractivity contribution in [3.8, 4) is 17.2 Å². The highest BCUT2D eigenvalue weighted by molar-refractivity contribution is 7.92. The number of ether oxygens (including phenoxy) is 3. The Morgan fingerprint density at radius 1 is 0.884 bits per heavy atom. The summed E-state index contributed by atoms with van der Waals surface area (Å²) in [5.74, 6) is 0.648. The Kier molecular flexibility index (Phi) is 9.11. The van der Waals surface area contributed by atoms with Crippen LogP contribution in [-0.4, -0.2) is 53.1 Å². The van der Waals surface area contributed by atoms with Crippen LogP contribution in [0.5, 0.6) is 17.2 Å². The number of fused-ring (bicyclic) bond motifs is 1. The third kappa shape index (κ3) is 7.44. The summed E-state index contributed by atoms with van der Waals surface area (Å²) < 4.78 is 44.8. The highest BCUT2D eigenvalue weighted by Gasteiger charge is 2.33. The number of rotatable bonds is 11. The van der Waals surface area contributed by atoms with Gasteiger partial charge < -0.3 is 24.4 Å². The fourth-order valence-electron chi connectivity index (χ4n) is 4.51. The van der Waals surface area contributed by atoms with Crippen molar-refractivity contribution in [2.75, 3.05) is 36.4 Å². The predicted molar refractivity (Wildman–Crippen MR) is 162 cm³/mol. The number of anilines is 2. The zero-order valence-corrected chi connectivity index (χ0v) is 24.3. The molecule has 0 radical (unpaired) electrons. The molecular weight excluding hydrogens is 570 g/mol. The molecule has 5 rings (SSSR count). The average Bonchev–Trinajstić information content (AvgIpc) is 3.04. The second-order valence-corrected chi connectivity index (χ2v) is 11.4. The Morgan fingerprint density at radius 2 is 1.56 bits per heavy atom. The summed E-state index contributed by atoms with van der Waals surface area (Å²) in [6.45, 7) is 0.125. The molecule has 222 valence electrons. The number of hydrogen-bond donors (Lipinski definition) is 2. The van der Waals surface area contributed by atoms with Crippen LogP contribution in [0.1, 0.15) is 5.56 Å². The molecular formula is C32H31N3O7S. The summed E-state index contributed by atoms with van der Waals surface area (Å²) in [5, 5.41) is 2.89. The molecule has 10 nitrogen and oxygen atoms in total. The van der Waals surface area contributed by atoms with Gasteiger partial charge in [-0.25, -0.2) is 8.42 Å². The van der Waals surface area contributed by atoms with E-state index in [4.69, 9.17) is 14.2 Å². The first-order valence-corrected chi connectivity index (χ1v) is 15.1. The Bertz CT molecular complexity index is 1660. The number of amides is 2. The molecule has 1 atom stereocenters. The van der Waals surface area contributed by atoms with E-state index in [2.05, 4.69) is 10.0 Å². The maximum absolute atomic E-state index is 13.3. The van der Waals surface area contributed by atoms with E-state index in [9.17, 15) is 18.0 Å². The van der Waals surface area contributed by atoms with E-state index in [1.165, 1.54) is 36.3 Å². The summed E-state index contributed by atoms with van der Waals surface area (Å²) in [5.41, 5.74) is 2.03. The Hall–Kier alpha value is -5.03. The van der Waals surface area contributed by atoms with E-state index < -0.39 is 16.1 Å². The Morgan fingerprint density at radius 3 is 2.28 bits per heavy atom. The van der Waals surface area contributed by atoms with E-state index in [0.717, 1.165) is 5.56 Å². The lowest BCUT2D eigenvalue weighted by Gasteiger charge is -2.34. The van der Waals surface area contributed by atoms with E-state index in [-0.39, 0.29) is 29.9 Å². The topological polar surface area (TPSA) is 123 Å². The Labute approximate surface area is 250 Å². The summed E-state index contributed by atoms with van der Waals surface area (Å²) in [6.07, 6.45) is -0.221. The molecule has 0 spiro atoms. The molecule has 1 aliphatic heterocycles. The zero-order valence-electron chi connectivity index (χ0n) is 23.4. The third-order valence-corrected chi connectivity index (χ3v) is 8.16. The van der Waals surface area contributed by atoms with Crippen molar-refractivity contribution < 1.29 is 32.2 Å². The van der Waals surface area contributed by atoms with E-state index >= 15 is 0 Å². The minimum Gasteiger partial charge on any atom is -0.497 e. The van der Waals surface area contributed by atoms with Crippen molar-refractivity contribution in [1.82, 2.24) is 5.32 Å². The minimum atomic E-state index is -3.84. The van der Waals surface area contributed by atoms with Crippen LogP contribution < -0.4 is 29.1 Å². The zero-order chi connectivity index (χ0) is 30.2. The molecule has 1 aliphatic rings. The molecule has 2 amide bonds. The van der Waals surface area contributed by atoms with Gasteiger partial charge in [0, 0.05) is 12.2 Å². The minimum absolute atomic E-state index is 0.0184. The second-order valence-electron chi connectivity index (χ2n) is 9.70. The maximum atomic E-state index is 13.3. The smallest absolute Gasteiger partial charge is 0.265 e. The quantitative estimate of drug-likeness (QED) is 0.266. The lowest BCUT2D eigenvalue weighted by atomic mass is 10.1. The molecule has 0 bridgehead atoms. The van der Waals surface area contributed by atoms with Gasteiger partial charge >= 0.3 is 0 Å². The van der Waals surface area contributed by atoms with Gasteiger partial charge in [0.1, 0.15) is 17.2 Å². The van der Waals surface area contributed by atoms with Crippen molar-refractivity contribution in [3.63, 3.8) is 0 Å². The molecule has 0 saturated carbocycles. The first kappa shape index (κ1) is 29.5. The van der Waals surface area contributed by atoms with Crippen LogP contribution in [0.15, 0.2) is 108 Å². The number of methoxy groups -OCH3 is 1. The number of sulfonamides is 1. The van der Waals surface area contributed by atoms with E-state index in [0.29, 0.717) is 41.6 Å². The van der Waals surface area contributed by atoms with Gasteiger partial charge in [0.05, 0.1) is 24.2 Å². The van der Waals surface area contributed by atoms with Crippen molar-refractivity contribution in [3.05, 3.63) is 109 Å². The largest absolute Gasteiger partial charge is 0.497 e. The number of hydrogen-bond acceptors (Lipinski definition) is 7. The molecule has 0 aromatic heterocycles. The number of benzene rings is 4. The van der Waals surface area contributed by atoms with Crippen LogP contribution in [0.3, 0.4) is 0 Å². The van der Waals surface area contributed by atoms with Gasteiger partial charge in [-0.2, -0.15) is 0 Å². The Balaban J connectivity index is 1.19. The third-order valence-electron chi connectivity index (χ3n) is 6.76. The summed E-state index contributed by atoms with van der Waals surface area (Å²) in [7, 11) is -2.31. The van der Waals surface area contributed by atoms with E-state index in [1.54, 1.807) is 48.5 Å². The molecule has 11 heteroatoms. The van der Waals surface area contributed by atoms with Crippen molar-refractivity contribution >= 4 is 33.2 Å². The van der Waals surface area contributed by atoms with Crippen LogP contribution in [0.4, 0.5) is 11.4 Å². The number of nitrogens with zero attached hydrogens (tertiary/aromatic N) is 1. The molecule has 1 heterocycles. The van der Waals surface area contributed by atoms with Crippen molar-refractivity contribution in [1.29, 1.82) is 0 Å². The maximum Gasteiger partial charge on any atom is 0.265 e. The number of carbonyl (C=O) groups excluding carboxylic acids is 2. The number of nitrogens with one attached hydrogen (secondary N) is 2. The van der Waals surface area contributed by atoms with Gasteiger partial charge in [-0.1, -0.05) is 42.5 Å².